The van der Waals surface area contributed by atoms with E-state index in [0.29, 0.717) is 13.1 Å². The Morgan fingerprint density at radius 3 is 2.66 bits per heavy atom. The van der Waals surface area contributed by atoms with Gasteiger partial charge in [-0.15, -0.1) is 11.3 Å². The van der Waals surface area contributed by atoms with E-state index in [1.807, 2.05) is 39.0 Å². The maximum absolute atomic E-state index is 12.1. The summed E-state index contributed by atoms with van der Waals surface area (Å²) in [5.74, 6) is 0.925. The summed E-state index contributed by atoms with van der Waals surface area (Å²) >= 11 is 1.71. The summed E-state index contributed by atoms with van der Waals surface area (Å²) in [6.07, 6.45) is 5.46. The topological polar surface area (TPSA) is 54.5 Å². The van der Waals surface area contributed by atoms with Gasteiger partial charge in [-0.2, -0.15) is 0 Å². The van der Waals surface area contributed by atoms with Crippen LogP contribution in [0.1, 0.15) is 52.0 Å². The van der Waals surface area contributed by atoms with Crippen molar-refractivity contribution >= 4 is 33.2 Å². The van der Waals surface area contributed by atoms with Crippen LogP contribution in [0.5, 0.6) is 0 Å². The van der Waals surface area contributed by atoms with Crippen molar-refractivity contribution in [1.29, 1.82) is 0 Å². The number of amides is 1. The zero-order chi connectivity index (χ0) is 20.9. The van der Waals surface area contributed by atoms with Gasteiger partial charge in [0.2, 0.25) is 0 Å². The molecular weight excluding hydrogens is 382 g/mol. The van der Waals surface area contributed by atoms with E-state index in [1.54, 1.807) is 16.2 Å². The fourth-order valence-corrected chi connectivity index (χ4v) is 4.42. The minimum Gasteiger partial charge on any atom is -0.444 e. The van der Waals surface area contributed by atoms with Crippen molar-refractivity contribution in [2.45, 2.75) is 52.6 Å². The van der Waals surface area contributed by atoms with Crippen molar-refractivity contribution in [2.75, 3.05) is 26.2 Å². The highest BCUT2D eigenvalue weighted by Crippen LogP contribution is 2.30. The van der Waals surface area contributed by atoms with Gasteiger partial charge in [0, 0.05) is 13.1 Å². The first-order chi connectivity index (χ1) is 13.8. The summed E-state index contributed by atoms with van der Waals surface area (Å²) in [5.41, 5.74) is 1.81. The van der Waals surface area contributed by atoms with Crippen LogP contribution in [-0.4, -0.2) is 47.8 Å². The fraction of sp³-hybridized carbons (Fsp3) is 0.565. The molecule has 2 aliphatic rings. The number of fused-ring (bicyclic) bond motifs is 1. The molecule has 4 rings (SSSR count). The summed E-state index contributed by atoms with van der Waals surface area (Å²) < 4.78 is 6.61. The molecule has 1 atom stereocenters. The lowest BCUT2D eigenvalue weighted by Crippen LogP contribution is -2.39. The van der Waals surface area contributed by atoms with Crippen molar-refractivity contribution in [3.05, 3.63) is 35.3 Å². The van der Waals surface area contributed by atoms with Crippen LogP contribution in [0.4, 0.5) is 4.79 Å². The maximum atomic E-state index is 12.1. The van der Waals surface area contributed by atoms with E-state index in [0.717, 1.165) is 22.9 Å². The molecule has 2 aliphatic heterocycles. The Morgan fingerprint density at radius 1 is 1.31 bits per heavy atom. The minimum atomic E-state index is -0.450. The molecule has 0 aliphatic carbocycles. The second-order valence-corrected chi connectivity index (χ2v) is 9.87. The van der Waals surface area contributed by atoms with E-state index in [4.69, 9.17) is 4.74 Å². The summed E-state index contributed by atoms with van der Waals surface area (Å²) in [6, 6.07) is 8.16. The van der Waals surface area contributed by atoms with Gasteiger partial charge in [0.1, 0.15) is 10.6 Å². The average Bonchev–Trinajstić information content (AvgIpc) is 3.12. The second kappa shape index (κ2) is 9.72. The molecule has 1 saturated heterocycles. The summed E-state index contributed by atoms with van der Waals surface area (Å²) in [7, 11) is 0. The lowest BCUT2D eigenvalue weighted by molar-refractivity contribution is 0.0270. The molecule has 0 saturated carbocycles. The molecule has 158 valence electrons. The quantitative estimate of drug-likeness (QED) is 0.684. The number of carbonyl (C=O) groups excluding carboxylic acids is 1. The van der Waals surface area contributed by atoms with Gasteiger partial charge in [0.15, 0.2) is 0 Å². The third-order valence-corrected chi connectivity index (χ3v) is 6.08. The number of nitrogens with one attached hydrogen (secondary N) is 1. The number of piperidine rings is 1. The SMILES string of the molecule is CC(C)(C)OC(=O)N1CC=C(c2nc3ccccc3s2)CC1.CC1CCCNC1. The number of ether oxygens (including phenoxy) is 1. The number of para-hydroxylation sites is 1. The van der Waals surface area contributed by atoms with Gasteiger partial charge >= 0.3 is 6.09 Å². The van der Waals surface area contributed by atoms with Crippen molar-refractivity contribution in [1.82, 2.24) is 15.2 Å². The first kappa shape index (κ1) is 21.8. The Morgan fingerprint density at radius 2 is 2.10 bits per heavy atom. The van der Waals surface area contributed by atoms with E-state index < -0.39 is 5.60 Å². The molecule has 2 aromatic rings. The molecule has 0 radical (unpaired) electrons. The standard InChI is InChI=1S/C17H20N2O2S.C6H13N/c1-17(2,3)21-16(20)19-10-8-12(9-11-19)15-18-13-6-4-5-7-14(13)22-15;1-6-3-2-4-7-5-6/h4-8H,9-11H2,1-3H3;6-7H,2-5H2,1H3. The molecule has 1 aromatic carbocycles. The van der Waals surface area contributed by atoms with Gasteiger partial charge in [-0.05, 0) is 76.7 Å². The molecule has 1 aromatic heterocycles. The lowest BCUT2D eigenvalue weighted by atomic mass is 10.0. The zero-order valence-electron chi connectivity index (χ0n) is 18.0. The highest BCUT2D eigenvalue weighted by Gasteiger charge is 2.24. The van der Waals surface area contributed by atoms with Crippen molar-refractivity contribution in [3.8, 4) is 0 Å². The van der Waals surface area contributed by atoms with Gasteiger partial charge in [-0.1, -0.05) is 25.1 Å². The lowest BCUT2D eigenvalue weighted by Gasteiger charge is -2.29. The molecule has 1 amide bonds. The minimum absolute atomic E-state index is 0.243. The van der Waals surface area contributed by atoms with Crippen molar-refractivity contribution < 1.29 is 9.53 Å². The predicted octanol–water partition coefficient (Wildman–Crippen LogP) is 5.33. The normalized spacial score (nSPS) is 19.9. The first-order valence-electron chi connectivity index (χ1n) is 10.6. The van der Waals surface area contributed by atoms with Gasteiger partial charge in [0.05, 0.1) is 10.2 Å². The first-order valence-corrected chi connectivity index (χ1v) is 11.4. The molecule has 6 heteroatoms. The largest absolute Gasteiger partial charge is 0.444 e. The number of thiazole rings is 1. The highest BCUT2D eigenvalue weighted by atomic mass is 32.1. The highest BCUT2D eigenvalue weighted by molar-refractivity contribution is 7.19. The van der Waals surface area contributed by atoms with Crippen molar-refractivity contribution in [3.63, 3.8) is 0 Å². The second-order valence-electron chi connectivity index (χ2n) is 8.84. The Balaban J connectivity index is 0.000000290. The average molecular weight is 416 g/mol. The molecule has 1 fully saturated rings. The van der Waals surface area contributed by atoms with Crippen LogP contribution >= 0.6 is 11.3 Å². The van der Waals surface area contributed by atoms with Crippen LogP contribution in [-0.2, 0) is 4.74 Å². The van der Waals surface area contributed by atoms with E-state index >= 15 is 0 Å². The van der Waals surface area contributed by atoms with E-state index in [-0.39, 0.29) is 6.09 Å². The monoisotopic (exact) mass is 415 g/mol. The number of nitrogens with zero attached hydrogens (tertiary/aromatic N) is 2. The molecule has 0 bridgehead atoms. The maximum Gasteiger partial charge on any atom is 0.410 e. The fourth-order valence-electron chi connectivity index (χ4n) is 3.39. The predicted molar refractivity (Wildman–Crippen MR) is 121 cm³/mol. The number of carbonyl (C=O) groups is 1. The van der Waals surface area contributed by atoms with E-state index in [1.165, 1.54) is 36.2 Å². The van der Waals surface area contributed by atoms with E-state index in [2.05, 4.69) is 29.4 Å². The smallest absolute Gasteiger partial charge is 0.410 e. The summed E-state index contributed by atoms with van der Waals surface area (Å²) in [4.78, 5) is 18.5. The Bertz CT molecular complexity index is 814. The third kappa shape index (κ3) is 6.54. The van der Waals surface area contributed by atoms with Gasteiger partial charge in [-0.3, -0.25) is 0 Å². The Labute approximate surface area is 178 Å². The van der Waals surface area contributed by atoms with Gasteiger partial charge in [-0.25, -0.2) is 9.78 Å². The number of hydrogen-bond acceptors (Lipinski definition) is 5. The van der Waals surface area contributed by atoms with Crippen molar-refractivity contribution in [2.24, 2.45) is 5.92 Å². The van der Waals surface area contributed by atoms with Gasteiger partial charge in [0.25, 0.3) is 0 Å². The van der Waals surface area contributed by atoms with Crippen LogP contribution in [0.2, 0.25) is 0 Å². The molecule has 3 heterocycles. The Kier molecular flexibility index (Phi) is 7.30. The summed E-state index contributed by atoms with van der Waals surface area (Å²) in [6.45, 7) is 11.7. The van der Waals surface area contributed by atoms with Crippen LogP contribution in [0, 0.1) is 5.92 Å². The molecular formula is C23H33N3O2S. The molecule has 29 heavy (non-hydrogen) atoms. The number of rotatable bonds is 1. The Hall–Kier alpha value is -1.92. The van der Waals surface area contributed by atoms with Gasteiger partial charge < -0.3 is 15.0 Å². The third-order valence-electron chi connectivity index (χ3n) is 4.97. The molecule has 0 spiro atoms. The van der Waals surface area contributed by atoms with E-state index in [9.17, 15) is 4.79 Å². The molecule has 1 unspecified atom stereocenters. The van der Waals surface area contributed by atoms with Crippen LogP contribution in [0.25, 0.3) is 15.8 Å². The molecule has 5 nitrogen and oxygen atoms in total. The van der Waals surface area contributed by atoms with Crippen LogP contribution in [0.3, 0.4) is 0 Å². The number of hydrogen-bond donors (Lipinski definition) is 1. The van der Waals surface area contributed by atoms with Crippen LogP contribution < -0.4 is 5.32 Å². The summed E-state index contributed by atoms with van der Waals surface area (Å²) in [5, 5.41) is 4.39. The number of benzene rings is 1. The molecule has 1 N–H and O–H groups in total. The number of aromatic nitrogens is 1. The van der Waals surface area contributed by atoms with Crippen LogP contribution in [0.15, 0.2) is 30.3 Å². The zero-order valence-corrected chi connectivity index (χ0v) is 18.8.